The molecule has 0 bridgehead atoms. The lowest BCUT2D eigenvalue weighted by Gasteiger charge is -2.19. The molecule has 0 unspecified atom stereocenters. The standard InChI is InChI=1S/C12H16N2O5/c1-12(2,3)19-11(15)13-8-18-10-6-4-9(5-7-10)14(16)17/h4-7H,8H2,1-3H3,(H,13,15). The minimum atomic E-state index is -0.589. The smallest absolute Gasteiger partial charge is 0.410 e. The van der Waals surface area contributed by atoms with E-state index in [4.69, 9.17) is 9.47 Å². The lowest BCUT2D eigenvalue weighted by molar-refractivity contribution is -0.384. The number of carbonyl (C=O) groups is 1. The first-order chi connectivity index (χ1) is 8.78. The van der Waals surface area contributed by atoms with Gasteiger partial charge in [0.15, 0.2) is 6.73 Å². The zero-order chi connectivity index (χ0) is 14.5. The SMILES string of the molecule is CC(C)(C)OC(=O)NCOc1ccc([N+](=O)[O-])cc1. The molecule has 0 heterocycles. The molecule has 0 spiro atoms. The number of nitrogens with one attached hydrogen (secondary N) is 1. The molecule has 104 valence electrons. The van der Waals surface area contributed by atoms with Gasteiger partial charge in [0.2, 0.25) is 0 Å². The maximum absolute atomic E-state index is 11.3. The van der Waals surface area contributed by atoms with Gasteiger partial charge in [-0.05, 0) is 32.9 Å². The largest absolute Gasteiger partial charge is 0.473 e. The summed E-state index contributed by atoms with van der Waals surface area (Å²) in [4.78, 5) is 21.2. The maximum atomic E-state index is 11.3. The van der Waals surface area contributed by atoms with E-state index in [1.807, 2.05) is 0 Å². The molecule has 0 fully saturated rings. The van der Waals surface area contributed by atoms with Gasteiger partial charge < -0.3 is 9.47 Å². The van der Waals surface area contributed by atoms with Crippen LogP contribution in [0.4, 0.5) is 10.5 Å². The van der Waals surface area contributed by atoms with Crippen LogP contribution in [0.5, 0.6) is 5.75 Å². The number of hydrogen-bond acceptors (Lipinski definition) is 5. The first-order valence-electron chi connectivity index (χ1n) is 5.62. The predicted molar refractivity (Wildman–Crippen MR) is 68.0 cm³/mol. The quantitative estimate of drug-likeness (QED) is 0.514. The summed E-state index contributed by atoms with van der Waals surface area (Å²) in [7, 11) is 0. The Balaban J connectivity index is 2.37. The van der Waals surface area contributed by atoms with Crippen LogP contribution in [-0.4, -0.2) is 23.3 Å². The second-order valence-electron chi connectivity index (χ2n) is 4.72. The van der Waals surface area contributed by atoms with Crippen molar-refractivity contribution in [3.8, 4) is 5.75 Å². The van der Waals surface area contributed by atoms with Crippen LogP contribution in [0.15, 0.2) is 24.3 Å². The molecular formula is C12H16N2O5. The number of amides is 1. The summed E-state index contributed by atoms with van der Waals surface area (Å²) in [6, 6.07) is 5.55. The Bertz CT molecular complexity index is 450. The Hall–Kier alpha value is -2.31. The topological polar surface area (TPSA) is 90.7 Å². The molecule has 0 aliphatic rings. The molecule has 7 nitrogen and oxygen atoms in total. The molecular weight excluding hydrogens is 252 g/mol. The molecule has 0 aromatic heterocycles. The Morgan fingerprint density at radius 2 is 1.89 bits per heavy atom. The van der Waals surface area contributed by atoms with Gasteiger partial charge in [-0.3, -0.25) is 15.4 Å². The second-order valence-corrected chi connectivity index (χ2v) is 4.72. The number of nitro benzene ring substituents is 1. The molecule has 1 aromatic rings. The number of rotatable bonds is 4. The van der Waals surface area contributed by atoms with Gasteiger partial charge in [-0.15, -0.1) is 0 Å². The summed E-state index contributed by atoms with van der Waals surface area (Å²) in [5.41, 5.74) is -0.593. The van der Waals surface area contributed by atoms with E-state index >= 15 is 0 Å². The lowest BCUT2D eigenvalue weighted by Crippen LogP contribution is -2.34. The van der Waals surface area contributed by atoms with E-state index in [1.165, 1.54) is 24.3 Å². The molecule has 0 atom stereocenters. The van der Waals surface area contributed by atoms with Crippen LogP contribution in [0.2, 0.25) is 0 Å². The average molecular weight is 268 g/mol. The summed E-state index contributed by atoms with van der Waals surface area (Å²) < 4.78 is 10.2. The van der Waals surface area contributed by atoms with Crippen LogP contribution in [0.25, 0.3) is 0 Å². The van der Waals surface area contributed by atoms with Crippen molar-refractivity contribution in [1.29, 1.82) is 0 Å². The predicted octanol–water partition coefficient (Wildman–Crippen LogP) is 2.46. The number of alkyl carbamates (subject to hydrolysis) is 1. The number of ether oxygens (including phenoxy) is 2. The highest BCUT2D eigenvalue weighted by Crippen LogP contribution is 2.16. The maximum Gasteiger partial charge on any atom is 0.410 e. The molecule has 1 aromatic carbocycles. The number of nitro groups is 1. The number of hydrogen-bond donors (Lipinski definition) is 1. The van der Waals surface area contributed by atoms with E-state index in [0.29, 0.717) is 5.75 Å². The highest BCUT2D eigenvalue weighted by molar-refractivity contribution is 5.67. The third-order valence-corrected chi connectivity index (χ3v) is 1.90. The summed E-state index contributed by atoms with van der Waals surface area (Å²) in [5.74, 6) is 0.418. The first kappa shape index (κ1) is 14.7. The molecule has 0 aliphatic carbocycles. The van der Waals surface area contributed by atoms with Crippen LogP contribution >= 0.6 is 0 Å². The van der Waals surface area contributed by atoms with E-state index < -0.39 is 16.6 Å². The minimum absolute atomic E-state index is 0.0209. The van der Waals surface area contributed by atoms with Crippen LogP contribution in [0, 0.1) is 10.1 Å². The Kier molecular flexibility index (Phi) is 4.68. The van der Waals surface area contributed by atoms with Gasteiger partial charge in [-0.1, -0.05) is 0 Å². The Morgan fingerprint density at radius 1 is 1.32 bits per heavy atom. The summed E-state index contributed by atoms with van der Waals surface area (Å²) in [5, 5.41) is 12.8. The molecule has 7 heteroatoms. The first-order valence-corrected chi connectivity index (χ1v) is 5.62. The highest BCUT2D eigenvalue weighted by atomic mass is 16.6. The van der Waals surface area contributed by atoms with Gasteiger partial charge in [0.1, 0.15) is 11.4 Å². The van der Waals surface area contributed by atoms with E-state index in [0.717, 1.165) is 0 Å². The van der Waals surface area contributed by atoms with Crippen molar-refractivity contribution < 1.29 is 19.2 Å². The van der Waals surface area contributed by atoms with E-state index in [2.05, 4.69) is 5.32 Å². The molecule has 1 amide bonds. The van der Waals surface area contributed by atoms with E-state index in [-0.39, 0.29) is 12.4 Å². The van der Waals surface area contributed by atoms with Crippen LogP contribution in [0.1, 0.15) is 20.8 Å². The van der Waals surface area contributed by atoms with Crippen molar-refractivity contribution in [3.63, 3.8) is 0 Å². The third-order valence-electron chi connectivity index (χ3n) is 1.90. The normalized spacial score (nSPS) is 10.7. The number of nitrogens with zero attached hydrogens (tertiary/aromatic N) is 1. The lowest BCUT2D eigenvalue weighted by atomic mass is 10.2. The molecule has 0 saturated heterocycles. The monoisotopic (exact) mass is 268 g/mol. The fraction of sp³-hybridized carbons (Fsp3) is 0.417. The summed E-state index contributed by atoms with van der Waals surface area (Å²) in [6.45, 7) is 5.18. The van der Waals surface area contributed by atoms with Crippen molar-refractivity contribution in [3.05, 3.63) is 34.4 Å². The number of carbonyl (C=O) groups excluding carboxylic acids is 1. The average Bonchev–Trinajstić information content (AvgIpc) is 2.27. The highest BCUT2D eigenvalue weighted by Gasteiger charge is 2.15. The van der Waals surface area contributed by atoms with Crippen molar-refractivity contribution in [2.24, 2.45) is 0 Å². The van der Waals surface area contributed by atoms with Gasteiger partial charge >= 0.3 is 6.09 Å². The second kappa shape index (κ2) is 6.03. The fourth-order valence-corrected chi connectivity index (χ4v) is 1.16. The van der Waals surface area contributed by atoms with Crippen molar-refractivity contribution in [2.45, 2.75) is 26.4 Å². The zero-order valence-electron chi connectivity index (χ0n) is 11.0. The van der Waals surface area contributed by atoms with Gasteiger partial charge in [-0.2, -0.15) is 0 Å². The molecule has 1 N–H and O–H groups in total. The Labute approximate surface area is 110 Å². The third kappa shape index (κ3) is 5.71. The molecule has 1 rings (SSSR count). The van der Waals surface area contributed by atoms with Gasteiger partial charge in [0.25, 0.3) is 5.69 Å². The van der Waals surface area contributed by atoms with Gasteiger partial charge in [0, 0.05) is 12.1 Å². The number of benzene rings is 1. The van der Waals surface area contributed by atoms with Crippen LogP contribution in [0.3, 0.4) is 0 Å². The van der Waals surface area contributed by atoms with Crippen molar-refractivity contribution in [1.82, 2.24) is 5.32 Å². The van der Waals surface area contributed by atoms with E-state index in [9.17, 15) is 14.9 Å². The molecule has 0 saturated carbocycles. The van der Waals surface area contributed by atoms with Crippen molar-refractivity contribution in [2.75, 3.05) is 6.73 Å². The summed E-state index contributed by atoms with van der Waals surface area (Å²) in [6.07, 6.45) is -0.589. The molecule has 0 aliphatic heterocycles. The van der Waals surface area contributed by atoms with Crippen LogP contribution < -0.4 is 10.1 Å². The van der Waals surface area contributed by atoms with E-state index in [1.54, 1.807) is 20.8 Å². The molecule has 0 radical (unpaired) electrons. The molecule has 19 heavy (non-hydrogen) atoms. The van der Waals surface area contributed by atoms with Crippen LogP contribution in [-0.2, 0) is 4.74 Å². The minimum Gasteiger partial charge on any atom is -0.473 e. The van der Waals surface area contributed by atoms with Gasteiger partial charge in [0.05, 0.1) is 4.92 Å². The zero-order valence-corrected chi connectivity index (χ0v) is 11.0. The summed E-state index contributed by atoms with van der Waals surface area (Å²) >= 11 is 0. The fourth-order valence-electron chi connectivity index (χ4n) is 1.16. The van der Waals surface area contributed by atoms with Gasteiger partial charge in [-0.25, -0.2) is 4.79 Å². The number of non-ortho nitro benzene ring substituents is 1. The van der Waals surface area contributed by atoms with Crippen molar-refractivity contribution >= 4 is 11.8 Å². The Morgan fingerprint density at radius 3 is 2.37 bits per heavy atom.